The van der Waals surface area contributed by atoms with Crippen LogP contribution in [0.3, 0.4) is 0 Å². The number of nitrogens with one attached hydrogen (secondary N) is 1. The van der Waals surface area contributed by atoms with Crippen LogP contribution >= 0.6 is 11.8 Å². The summed E-state index contributed by atoms with van der Waals surface area (Å²) in [5, 5.41) is 10.9. The summed E-state index contributed by atoms with van der Waals surface area (Å²) in [4.78, 5) is 37.2. The minimum atomic E-state index is -0.995. The summed E-state index contributed by atoms with van der Waals surface area (Å²) in [6, 6.07) is 5.70. The van der Waals surface area contributed by atoms with Crippen LogP contribution in [0.15, 0.2) is 23.1 Å². The number of nitrogens with zero attached hydrogens (tertiary/aromatic N) is 1. The number of carbonyl (C=O) groups is 3. The van der Waals surface area contributed by atoms with Crippen molar-refractivity contribution in [1.29, 1.82) is 0 Å². The van der Waals surface area contributed by atoms with Gasteiger partial charge in [-0.1, -0.05) is 12.1 Å². The second kappa shape index (κ2) is 11.4. The van der Waals surface area contributed by atoms with Crippen LogP contribution in [0.2, 0.25) is 0 Å². The van der Waals surface area contributed by atoms with Crippen LogP contribution < -0.4 is 5.32 Å². The van der Waals surface area contributed by atoms with Crippen molar-refractivity contribution < 1.29 is 33.7 Å². The summed E-state index contributed by atoms with van der Waals surface area (Å²) in [7, 11) is 0. The first-order valence-electron chi connectivity index (χ1n) is 9.81. The summed E-state index contributed by atoms with van der Waals surface area (Å²) < 4.78 is 16.2. The molecule has 2 aliphatic heterocycles. The third kappa shape index (κ3) is 6.51. The van der Waals surface area contributed by atoms with Gasteiger partial charge in [0.15, 0.2) is 0 Å². The molecule has 0 aromatic heterocycles. The molecule has 9 nitrogen and oxygen atoms in total. The van der Waals surface area contributed by atoms with Gasteiger partial charge in [0.05, 0.1) is 32.5 Å². The Morgan fingerprint density at radius 1 is 1.27 bits per heavy atom. The van der Waals surface area contributed by atoms with Crippen molar-refractivity contribution >= 4 is 29.5 Å². The van der Waals surface area contributed by atoms with Gasteiger partial charge in [-0.2, -0.15) is 0 Å². The van der Waals surface area contributed by atoms with Crippen molar-refractivity contribution in [1.82, 2.24) is 10.2 Å². The highest BCUT2D eigenvalue weighted by molar-refractivity contribution is 7.99. The predicted octanol–water partition coefficient (Wildman–Crippen LogP) is 0.991. The molecule has 1 fully saturated rings. The second-order valence-corrected chi connectivity index (χ2v) is 8.13. The number of rotatable bonds is 10. The van der Waals surface area contributed by atoms with Gasteiger partial charge in [0.1, 0.15) is 13.3 Å². The zero-order valence-corrected chi connectivity index (χ0v) is 17.4. The van der Waals surface area contributed by atoms with Crippen LogP contribution in [0.25, 0.3) is 0 Å². The fraction of sp³-hybridized carbons (Fsp3) is 0.550. The summed E-state index contributed by atoms with van der Waals surface area (Å²) in [5.74, 6) is -0.751. The maximum Gasteiger partial charge on any atom is 0.329 e. The SMILES string of the molecule is O=C(O)COCCOCCSc1cccc2c1CN(C1CCC(=O)NC1=O)COC2. The van der Waals surface area contributed by atoms with Gasteiger partial charge in [-0.25, -0.2) is 4.79 Å². The molecule has 2 N–H and O–H groups in total. The average Bonchev–Trinajstić information content (AvgIpc) is 2.92. The molecule has 1 aromatic carbocycles. The third-order valence-corrected chi connectivity index (χ3v) is 5.90. The summed E-state index contributed by atoms with van der Waals surface area (Å²) >= 11 is 1.67. The van der Waals surface area contributed by atoms with Crippen molar-refractivity contribution in [2.45, 2.75) is 36.9 Å². The van der Waals surface area contributed by atoms with E-state index in [1.54, 1.807) is 11.8 Å². The zero-order chi connectivity index (χ0) is 21.3. The number of carboxylic acid groups (broad SMARTS) is 1. The number of piperidine rings is 1. The van der Waals surface area contributed by atoms with Crippen LogP contribution in [0.1, 0.15) is 24.0 Å². The van der Waals surface area contributed by atoms with Gasteiger partial charge in [-0.3, -0.25) is 19.8 Å². The number of imide groups is 1. The van der Waals surface area contributed by atoms with Crippen LogP contribution in [0.4, 0.5) is 0 Å². The monoisotopic (exact) mass is 438 g/mol. The molecule has 1 atom stereocenters. The number of carbonyl (C=O) groups excluding carboxylic acids is 2. The Hall–Kier alpha value is -1.98. The summed E-state index contributed by atoms with van der Waals surface area (Å²) in [6.45, 7) is 2.18. The lowest BCUT2D eigenvalue weighted by Crippen LogP contribution is -2.52. The van der Waals surface area contributed by atoms with Gasteiger partial charge < -0.3 is 19.3 Å². The number of thioether (sulfide) groups is 1. The van der Waals surface area contributed by atoms with Gasteiger partial charge >= 0.3 is 5.97 Å². The highest BCUT2D eigenvalue weighted by Crippen LogP contribution is 2.30. The quantitative estimate of drug-likeness (QED) is 0.313. The molecule has 3 rings (SSSR count). The first-order chi connectivity index (χ1) is 14.5. The topological polar surface area (TPSA) is 114 Å². The number of hydrogen-bond acceptors (Lipinski definition) is 8. The molecule has 30 heavy (non-hydrogen) atoms. The van der Waals surface area contributed by atoms with E-state index in [9.17, 15) is 14.4 Å². The number of aliphatic carboxylic acids is 1. The lowest BCUT2D eigenvalue weighted by molar-refractivity contribution is -0.143. The molecule has 1 aromatic rings. The number of benzene rings is 1. The van der Waals surface area contributed by atoms with E-state index < -0.39 is 5.97 Å². The van der Waals surface area contributed by atoms with E-state index in [4.69, 9.17) is 19.3 Å². The van der Waals surface area contributed by atoms with Gasteiger partial charge in [0.2, 0.25) is 11.8 Å². The molecule has 2 aliphatic rings. The highest BCUT2D eigenvalue weighted by Gasteiger charge is 2.33. The van der Waals surface area contributed by atoms with E-state index in [2.05, 4.69) is 5.32 Å². The van der Waals surface area contributed by atoms with Crippen LogP contribution in [0, 0.1) is 0 Å². The minimum absolute atomic E-state index is 0.225. The molecular weight excluding hydrogens is 412 g/mol. The smallest absolute Gasteiger partial charge is 0.329 e. The second-order valence-electron chi connectivity index (χ2n) is 6.99. The van der Waals surface area contributed by atoms with Crippen molar-refractivity contribution in [3.8, 4) is 0 Å². The normalized spacial score (nSPS) is 19.8. The van der Waals surface area contributed by atoms with Crippen LogP contribution in [0.5, 0.6) is 0 Å². The fourth-order valence-electron chi connectivity index (χ4n) is 3.40. The molecular formula is C20H26N2O7S. The van der Waals surface area contributed by atoms with Gasteiger partial charge in [-0.15, -0.1) is 11.8 Å². The molecule has 0 spiro atoms. The van der Waals surface area contributed by atoms with Crippen LogP contribution in [-0.2, 0) is 41.7 Å². The van der Waals surface area contributed by atoms with E-state index in [1.165, 1.54) is 0 Å². The van der Waals surface area contributed by atoms with E-state index in [0.717, 1.165) is 21.8 Å². The largest absolute Gasteiger partial charge is 0.480 e. The lowest BCUT2D eigenvalue weighted by Gasteiger charge is -2.31. The standard InChI is InChI=1S/C20H26N2O7S/c23-18-5-4-16(20(26)21-18)22-10-15-14(11-29-13-22)2-1-3-17(15)30-9-8-27-6-7-28-12-19(24)25/h1-3,16H,4-13H2,(H,24,25)(H,21,23,26). The molecule has 0 radical (unpaired) electrons. The Labute approximate surface area is 179 Å². The molecule has 1 saturated heterocycles. The third-order valence-electron chi connectivity index (χ3n) is 4.84. The van der Waals surface area contributed by atoms with E-state index >= 15 is 0 Å². The van der Waals surface area contributed by atoms with Gasteiger partial charge in [0.25, 0.3) is 0 Å². The van der Waals surface area contributed by atoms with Gasteiger partial charge in [-0.05, 0) is 23.6 Å². The molecule has 2 amide bonds. The molecule has 0 aliphatic carbocycles. The Morgan fingerprint density at radius 3 is 2.90 bits per heavy atom. The Kier molecular flexibility index (Phi) is 8.64. The van der Waals surface area contributed by atoms with Gasteiger partial charge in [0, 0.05) is 23.6 Å². The fourth-order valence-corrected chi connectivity index (χ4v) is 4.37. The van der Waals surface area contributed by atoms with Crippen molar-refractivity contribution in [3.05, 3.63) is 29.3 Å². The number of amides is 2. The lowest BCUT2D eigenvalue weighted by atomic mass is 10.0. The Balaban J connectivity index is 1.52. The molecule has 10 heteroatoms. The average molecular weight is 439 g/mol. The maximum absolute atomic E-state index is 12.3. The summed E-state index contributed by atoms with van der Waals surface area (Å²) in [5.41, 5.74) is 2.23. The first kappa shape index (κ1) is 22.7. The van der Waals surface area contributed by atoms with Crippen molar-refractivity contribution in [2.24, 2.45) is 0 Å². The predicted molar refractivity (Wildman–Crippen MR) is 108 cm³/mol. The molecule has 0 bridgehead atoms. The maximum atomic E-state index is 12.3. The molecule has 164 valence electrons. The Morgan fingerprint density at radius 2 is 2.10 bits per heavy atom. The van der Waals surface area contributed by atoms with Crippen LogP contribution in [-0.4, -0.2) is 72.7 Å². The molecule has 1 unspecified atom stereocenters. The number of carboxylic acids is 1. The molecule has 0 saturated carbocycles. The van der Waals surface area contributed by atoms with Crippen molar-refractivity contribution in [2.75, 3.05) is 38.9 Å². The van der Waals surface area contributed by atoms with E-state index in [1.807, 2.05) is 23.1 Å². The summed E-state index contributed by atoms with van der Waals surface area (Å²) in [6.07, 6.45) is 0.833. The first-order valence-corrected chi connectivity index (χ1v) is 10.8. The minimum Gasteiger partial charge on any atom is -0.480 e. The highest BCUT2D eigenvalue weighted by atomic mass is 32.2. The number of hydrogen-bond donors (Lipinski definition) is 2. The number of ether oxygens (including phenoxy) is 3. The van der Waals surface area contributed by atoms with Crippen molar-refractivity contribution in [3.63, 3.8) is 0 Å². The van der Waals surface area contributed by atoms with E-state index in [-0.39, 0.29) is 31.1 Å². The number of fused-ring (bicyclic) bond motifs is 1. The van der Waals surface area contributed by atoms with E-state index in [0.29, 0.717) is 45.9 Å². The Bertz CT molecular complexity index is 774. The zero-order valence-electron chi connectivity index (χ0n) is 16.6. The molecule has 2 heterocycles.